The number of amides is 2. The maximum absolute atomic E-state index is 12.1. The number of likely N-dealkylation sites (tertiary alicyclic amines) is 1. The van der Waals surface area contributed by atoms with Crippen molar-refractivity contribution in [3.63, 3.8) is 0 Å². The molecule has 0 unspecified atom stereocenters. The zero-order chi connectivity index (χ0) is 15.4. The van der Waals surface area contributed by atoms with E-state index in [9.17, 15) is 9.59 Å². The summed E-state index contributed by atoms with van der Waals surface area (Å²) < 4.78 is 0. The molecule has 0 aliphatic carbocycles. The average molecular weight is 330 g/mol. The number of hydrogen-bond donors (Lipinski definition) is 2. The van der Waals surface area contributed by atoms with E-state index < -0.39 is 5.91 Å². The van der Waals surface area contributed by atoms with Crippen LogP contribution in [-0.2, 0) is 4.79 Å². The first kappa shape index (κ1) is 15.9. The number of piperidine rings is 1. The van der Waals surface area contributed by atoms with Crippen LogP contribution < -0.4 is 11.1 Å². The highest BCUT2D eigenvalue weighted by Crippen LogP contribution is 2.28. The highest BCUT2D eigenvalue weighted by molar-refractivity contribution is 6.44. The standard InChI is InChI=1S/C14H17Cl2N3O2/c15-11-7-9(17)6-10(13(11)16)14(21)18-8-12(20)19-4-2-1-3-5-19/h6-7H,1-5,8,17H2,(H,18,21). The molecule has 5 nitrogen and oxygen atoms in total. The summed E-state index contributed by atoms with van der Waals surface area (Å²) in [6, 6.07) is 2.91. The van der Waals surface area contributed by atoms with Crippen molar-refractivity contribution in [2.75, 3.05) is 25.4 Å². The van der Waals surface area contributed by atoms with E-state index in [2.05, 4.69) is 5.32 Å². The Morgan fingerprint density at radius 2 is 1.86 bits per heavy atom. The molecule has 21 heavy (non-hydrogen) atoms. The molecule has 0 saturated carbocycles. The van der Waals surface area contributed by atoms with Crippen LogP contribution in [0.25, 0.3) is 0 Å². The second-order valence-electron chi connectivity index (χ2n) is 4.99. The molecular weight excluding hydrogens is 313 g/mol. The summed E-state index contributed by atoms with van der Waals surface area (Å²) in [5.41, 5.74) is 6.16. The Kier molecular flexibility index (Phi) is 5.31. The van der Waals surface area contributed by atoms with Crippen molar-refractivity contribution >= 4 is 40.7 Å². The number of nitrogens with two attached hydrogens (primary N) is 1. The van der Waals surface area contributed by atoms with E-state index in [-0.39, 0.29) is 28.1 Å². The summed E-state index contributed by atoms with van der Waals surface area (Å²) in [6.07, 6.45) is 3.17. The summed E-state index contributed by atoms with van der Waals surface area (Å²) in [7, 11) is 0. The van der Waals surface area contributed by atoms with Gasteiger partial charge in [0.25, 0.3) is 5.91 Å². The fraction of sp³-hybridized carbons (Fsp3) is 0.429. The molecule has 0 aromatic heterocycles. The van der Waals surface area contributed by atoms with Crippen LogP contribution in [0, 0.1) is 0 Å². The Morgan fingerprint density at radius 1 is 1.19 bits per heavy atom. The number of carbonyl (C=O) groups excluding carboxylic acids is 2. The van der Waals surface area contributed by atoms with Gasteiger partial charge in [-0.25, -0.2) is 0 Å². The minimum Gasteiger partial charge on any atom is -0.399 e. The lowest BCUT2D eigenvalue weighted by atomic mass is 10.1. The van der Waals surface area contributed by atoms with E-state index in [1.54, 1.807) is 4.90 Å². The summed E-state index contributed by atoms with van der Waals surface area (Å²) in [5, 5.41) is 2.91. The third kappa shape index (κ3) is 4.02. The van der Waals surface area contributed by atoms with Crippen molar-refractivity contribution in [1.82, 2.24) is 10.2 Å². The van der Waals surface area contributed by atoms with Crippen molar-refractivity contribution in [2.24, 2.45) is 0 Å². The minimum atomic E-state index is -0.459. The molecule has 7 heteroatoms. The van der Waals surface area contributed by atoms with Gasteiger partial charge in [-0.15, -0.1) is 0 Å². The van der Waals surface area contributed by atoms with Gasteiger partial charge in [-0.05, 0) is 31.4 Å². The van der Waals surface area contributed by atoms with Gasteiger partial charge in [-0.2, -0.15) is 0 Å². The summed E-state index contributed by atoms with van der Waals surface area (Å²) >= 11 is 11.9. The number of nitrogens with zero attached hydrogens (tertiary/aromatic N) is 1. The molecule has 1 aliphatic rings. The van der Waals surface area contributed by atoms with Crippen LogP contribution in [0.3, 0.4) is 0 Å². The van der Waals surface area contributed by atoms with Crippen LogP contribution in [0.15, 0.2) is 12.1 Å². The van der Waals surface area contributed by atoms with Crippen LogP contribution in [0.5, 0.6) is 0 Å². The fourth-order valence-corrected chi connectivity index (χ4v) is 2.70. The zero-order valence-electron chi connectivity index (χ0n) is 11.5. The Hall–Kier alpha value is -1.46. The lowest BCUT2D eigenvalue weighted by Gasteiger charge is -2.26. The minimum absolute atomic E-state index is 0.0540. The van der Waals surface area contributed by atoms with E-state index in [0.29, 0.717) is 5.69 Å². The van der Waals surface area contributed by atoms with Crippen LogP contribution in [0.4, 0.5) is 5.69 Å². The van der Waals surface area contributed by atoms with Crippen LogP contribution in [0.2, 0.25) is 10.0 Å². The Labute approximate surface area is 133 Å². The summed E-state index contributed by atoms with van der Waals surface area (Å²) in [6.45, 7) is 1.45. The van der Waals surface area contributed by atoms with Crippen molar-refractivity contribution in [3.05, 3.63) is 27.7 Å². The first-order valence-electron chi connectivity index (χ1n) is 6.79. The molecule has 1 saturated heterocycles. The van der Waals surface area contributed by atoms with Gasteiger partial charge in [0.1, 0.15) is 0 Å². The molecule has 0 spiro atoms. The Morgan fingerprint density at radius 3 is 2.52 bits per heavy atom. The first-order valence-corrected chi connectivity index (χ1v) is 7.55. The van der Waals surface area contributed by atoms with Crippen LogP contribution in [-0.4, -0.2) is 36.3 Å². The van der Waals surface area contributed by atoms with Gasteiger partial charge >= 0.3 is 0 Å². The number of carbonyl (C=O) groups is 2. The van der Waals surface area contributed by atoms with Gasteiger partial charge in [0.15, 0.2) is 0 Å². The molecule has 0 radical (unpaired) electrons. The highest BCUT2D eigenvalue weighted by atomic mass is 35.5. The van der Waals surface area contributed by atoms with Crippen molar-refractivity contribution in [2.45, 2.75) is 19.3 Å². The molecule has 1 fully saturated rings. The highest BCUT2D eigenvalue weighted by Gasteiger charge is 2.19. The summed E-state index contributed by atoms with van der Waals surface area (Å²) in [4.78, 5) is 25.8. The number of rotatable bonds is 3. The zero-order valence-corrected chi connectivity index (χ0v) is 13.0. The topological polar surface area (TPSA) is 75.4 Å². The molecular formula is C14H17Cl2N3O2. The second kappa shape index (κ2) is 7.00. The van der Waals surface area contributed by atoms with Gasteiger partial charge in [0.05, 0.1) is 22.2 Å². The molecule has 2 rings (SSSR count). The van der Waals surface area contributed by atoms with E-state index in [1.165, 1.54) is 12.1 Å². The molecule has 0 bridgehead atoms. The maximum atomic E-state index is 12.1. The average Bonchev–Trinajstić information content (AvgIpc) is 2.49. The van der Waals surface area contributed by atoms with Gasteiger partial charge in [-0.1, -0.05) is 23.2 Å². The van der Waals surface area contributed by atoms with E-state index in [1.807, 2.05) is 0 Å². The lowest BCUT2D eigenvalue weighted by molar-refractivity contribution is -0.130. The number of nitrogens with one attached hydrogen (secondary N) is 1. The molecule has 1 aromatic carbocycles. The van der Waals surface area contributed by atoms with Gasteiger partial charge in [-0.3, -0.25) is 9.59 Å². The number of nitrogen functional groups attached to an aromatic ring is 1. The first-order chi connectivity index (χ1) is 9.99. The molecule has 1 aliphatic heterocycles. The number of hydrogen-bond acceptors (Lipinski definition) is 3. The maximum Gasteiger partial charge on any atom is 0.253 e. The molecule has 3 N–H and O–H groups in total. The summed E-state index contributed by atoms with van der Waals surface area (Å²) in [5.74, 6) is -0.547. The molecule has 0 atom stereocenters. The van der Waals surface area contributed by atoms with Gasteiger partial charge in [0, 0.05) is 18.8 Å². The predicted molar refractivity (Wildman–Crippen MR) is 83.6 cm³/mol. The lowest BCUT2D eigenvalue weighted by Crippen LogP contribution is -2.42. The van der Waals surface area contributed by atoms with Crippen LogP contribution in [0.1, 0.15) is 29.6 Å². The van der Waals surface area contributed by atoms with E-state index in [4.69, 9.17) is 28.9 Å². The third-order valence-electron chi connectivity index (χ3n) is 3.40. The quantitative estimate of drug-likeness (QED) is 0.835. The smallest absolute Gasteiger partial charge is 0.253 e. The number of halogens is 2. The van der Waals surface area contributed by atoms with Crippen molar-refractivity contribution in [1.29, 1.82) is 0 Å². The van der Waals surface area contributed by atoms with Crippen molar-refractivity contribution < 1.29 is 9.59 Å². The number of benzene rings is 1. The second-order valence-corrected chi connectivity index (χ2v) is 5.77. The molecule has 1 aromatic rings. The molecule has 1 heterocycles. The monoisotopic (exact) mass is 329 g/mol. The van der Waals surface area contributed by atoms with Crippen LogP contribution >= 0.6 is 23.2 Å². The largest absolute Gasteiger partial charge is 0.399 e. The van der Waals surface area contributed by atoms with Gasteiger partial charge < -0.3 is 16.0 Å². The van der Waals surface area contributed by atoms with Gasteiger partial charge in [0.2, 0.25) is 5.91 Å². The van der Waals surface area contributed by atoms with Crippen molar-refractivity contribution in [3.8, 4) is 0 Å². The number of anilines is 1. The Bertz CT molecular complexity index is 557. The van der Waals surface area contributed by atoms with E-state index in [0.717, 1.165) is 32.4 Å². The van der Waals surface area contributed by atoms with E-state index >= 15 is 0 Å². The molecule has 114 valence electrons. The fourth-order valence-electron chi connectivity index (χ4n) is 2.28. The third-order valence-corrected chi connectivity index (χ3v) is 4.21. The normalized spacial score (nSPS) is 14.9. The SMILES string of the molecule is Nc1cc(Cl)c(Cl)c(C(=O)NCC(=O)N2CCCCC2)c1. The predicted octanol–water partition coefficient (Wildman–Crippen LogP) is 2.32. The molecule has 2 amide bonds. The Balaban J connectivity index is 1.97.